The maximum absolute atomic E-state index is 11.8. The summed E-state index contributed by atoms with van der Waals surface area (Å²) >= 11 is 0. The Morgan fingerprint density at radius 3 is 2.69 bits per heavy atom. The lowest BCUT2D eigenvalue weighted by molar-refractivity contribution is -0.0535. The minimum Gasteiger partial charge on any atom is -0.444 e. The van der Waals surface area contributed by atoms with Gasteiger partial charge >= 0.3 is 6.09 Å². The maximum atomic E-state index is 11.8. The second-order valence-electron chi connectivity index (χ2n) is 4.82. The lowest BCUT2D eigenvalue weighted by Crippen LogP contribution is -2.53. The van der Waals surface area contributed by atoms with Crippen LogP contribution in [0.1, 0.15) is 27.7 Å². The van der Waals surface area contributed by atoms with Crippen molar-refractivity contribution in [3.05, 3.63) is 0 Å². The number of carbonyl (C=O) groups excluding carboxylic acids is 1. The molecule has 0 N–H and O–H groups in total. The van der Waals surface area contributed by atoms with Crippen LogP contribution in [-0.2, 0) is 9.47 Å². The van der Waals surface area contributed by atoms with E-state index in [4.69, 9.17) is 14.7 Å². The minimum absolute atomic E-state index is 0.272. The monoisotopic (exact) mass is 226 g/mol. The van der Waals surface area contributed by atoms with E-state index >= 15 is 0 Å². The highest BCUT2D eigenvalue weighted by atomic mass is 16.6. The third kappa shape index (κ3) is 3.11. The predicted octanol–water partition coefficient (Wildman–Crippen LogP) is 1.53. The molecule has 0 saturated carbocycles. The molecule has 1 heterocycles. The van der Waals surface area contributed by atoms with E-state index in [2.05, 4.69) is 6.07 Å². The zero-order chi connectivity index (χ0) is 12.3. The molecular formula is C11H18N2O3. The number of rotatable bonds is 0. The number of amides is 1. The van der Waals surface area contributed by atoms with Crippen LogP contribution in [0, 0.1) is 11.3 Å². The van der Waals surface area contributed by atoms with Gasteiger partial charge in [-0.2, -0.15) is 5.26 Å². The Labute approximate surface area is 95.9 Å². The van der Waals surface area contributed by atoms with Crippen molar-refractivity contribution in [3.8, 4) is 6.07 Å². The molecule has 1 aliphatic heterocycles. The van der Waals surface area contributed by atoms with Gasteiger partial charge in [-0.05, 0) is 27.7 Å². The van der Waals surface area contributed by atoms with Crippen LogP contribution in [0.15, 0.2) is 0 Å². The molecule has 1 fully saturated rings. The van der Waals surface area contributed by atoms with Gasteiger partial charge in [-0.1, -0.05) is 0 Å². The standard InChI is InChI=1S/C11H18N2O3/c1-8-9(7-12)13(5-6-15-8)10(14)16-11(2,3)4/h8-9H,5-6H2,1-4H3. The Balaban J connectivity index is 2.71. The van der Waals surface area contributed by atoms with Gasteiger partial charge in [-0.25, -0.2) is 4.79 Å². The molecule has 0 spiro atoms. The summed E-state index contributed by atoms with van der Waals surface area (Å²) in [5.74, 6) is 0. The highest BCUT2D eigenvalue weighted by Crippen LogP contribution is 2.17. The van der Waals surface area contributed by atoms with E-state index in [1.54, 1.807) is 27.7 Å². The Morgan fingerprint density at radius 1 is 1.56 bits per heavy atom. The van der Waals surface area contributed by atoms with Crippen LogP contribution < -0.4 is 0 Å². The molecule has 1 aliphatic rings. The highest BCUT2D eigenvalue weighted by Gasteiger charge is 2.35. The van der Waals surface area contributed by atoms with Gasteiger partial charge in [-0.15, -0.1) is 0 Å². The first kappa shape index (κ1) is 12.8. The molecule has 0 aromatic rings. The van der Waals surface area contributed by atoms with Gasteiger partial charge in [0, 0.05) is 6.54 Å². The fourth-order valence-electron chi connectivity index (χ4n) is 1.52. The zero-order valence-corrected chi connectivity index (χ0v) is 10.2. The van der Waals surface area contributed by atoms with Crippen molar-refractivity contribution in [1.82, 2.24) is 4.90 Å². The summed E-state index contributed by atoms with van der Waals surface area (Å²) in [4.78, 5) is 13.3. The molecular weight excluding hydrogens is 208 g/mol. The molecule has 5 nitrogen and oxygen atoms in total. The van der Waals surface area contributed by atoms with Crippen molar-refractivity contribution < 1.29 is 14.3 Å². The first-order valence-corrected chi connectivity index (χ1v) is 5.36. The fourth-order valence-corrected chi connectivity index (χ4v) is 1.52. The summed E-state index contributed by atoms with van der Waals surface area (Å²) in [7, 11) is 0. The molecule has 0 aliphatic carbocycles. The van der Waals surface area contributed by atoms with Crippen LogP contribution in [0.5, 0.6) is 0 Å². The second kappa shape index (κ2) is 4.71. The Morgan fingerprint density at radius 2 is 2.19 bits per heavy atom. The Bertz CT molecular complexity index is 303. The second-order valence-corrected chi connectivity index (χ2v) is 4.82. The molecule has 2 unspecified atom stereocenters. The molecule has 0 bridgehead atoms. The number of ether oxygens (including phenoxy) is 2. The van der Waals surface area contributed by atoms with E-state index in [0.717, 1.165) is 0 Å². The first-order valence-electron chi connectivity index (χ1n) is 5.36. The minimum atomic E-state index is -0.566. The maximum Gasteiger partial charge on any atom is 0.411 e. The number of hydrogen-bond donors (Lipinski definition) is 0. The van der Waals surface area contributed by atoms with Crippen LogP contribution in [0.2, 0.25) is 0 Å². The van der Waals surface area contributed by atoms with Gasteiger partial charge in [0.2, 0.25) is 0 Å². The molecule has 1 rings (SSSR count). The SMILES string of the molecule is CC1OCCN(C(=O)OC(C)(C)C)C1C#N. The van der Waals surface area contributed by atoms with Gasteiger partial charge in [0.25, 0.3) is 0 Å². The first-order chi connectivity index (χ1) is 7.35. The molecule has 1 saturated heterocycles. The molecule has 1 amide bonds. The Kier molecular flexibility index (Phi) is 3.76. The predicted molar refractivity (Wildman–Crippen MR) is 57.8 cm³/mol. The van der Waals surface area contributed by atoms with E-state index in [9.17, 15) is 4.79 Å². The summed E-state index contributed by atoms with van der Waals surface area (Å²) in [6.07, 6.45) is -0.722. The average Bonchev–Trinajstić information content (AvgIpc) is 2.14. The van der Waals surface area contributed by atoms with E-state index in [1.165, 1.54) is 4.90 Å². The van der Waals surface area contributed by atoms with Crippen molar-refractivity contribution in [2.45, 2.75) is 45.4 Å². The van der Waals surface area contributed by atoms with Crippen LogP contribution >= 0.6 is 0 Å². The molecule has 16 heavy (non-hydrogen) atoms. The van der Waals surface area contributed by atoms with Crippen molar-refractivity contribution in [2.24, 2.45) is 0 Å². The summed E-state index contributed by atoms with van der Waals surface area (Å²) in [5, 5.41) is 9.00. The number of carbonyl (C=O) groups is 1. The summed E-state index contributed by atoms with van der Waals surface area (Å²) in [5.41, 5.74) is -0.543. The highest BCUT2D eigenvalue weighted by molar-refractivity contribution is 5.69. The van der Waals surface area contributed by atoms with E-state index in [1.807, 2.05) is 0 Å². The van der Waals surface area contributed by atoms with Crippen LogP contribution in [0.25, 0.3) is 0 Å². The number of morpholine rings is 1. The third-order valence-corrected chi connectivity index (χ3v) is 2.25. The van der Waals surface area contributed by atoms with Crippen molar-refractivity contribution in [1.29, 1.82) is 5.26 Å². The normalized spacial score (nSPS) is 26.1. The molecule has 0 radical (unpaired) electrons. The van der Waals surface area contributed by atoms with Crippen molar-refractivity contribution in [3.63, 3.8) is 0 Å². The van der Waals surface area contributed by atoms with Crippen LogP contribution in [0.3, 0.4) is 0 Å². The summed E-state index contributed by atoms with van der Waals surface area (Å²) in [6, 6.07) is 1.50. The van der Waals surface area contributed by atoms with Gasteiger partial charge in [0.15, 0.2) is 0 Å². The van der Waals surface area contributed by atoms with Crippen LogP contribution in [-0.4, -0.2) is 41.9 Å². The van der Waals surface area contributed by atoms with E-state index < -0.39 is 17.7 Å². The van der Waals surface area contributed by atoms with Crippen molar-refractivity contribution >= 4 is 6.09 Å². The van der Waals surface area contributed by atoms with Gasteiger partial charge < -0.3 is 9.47 Å². The molecule has 90 valence electrons. The average molecular weight is 226 g/mol. The molecule has 2 atom stereocenters. The summed E-state index contributed by atoms with van der Waals surface area (Å²) in [6.45, 7) is 8.03. The largest absolute Gasteiger partial charge is 0.444 e. The van der Waals surface area contributed by atoms with E-state index in [0.29, 0.717) is 13.2 Å². The quantitative estimate of drug-likeness (QED) is 0.628. The fraction of sp³-hybridized carbons (Fsp3) is 0.818. The molecule has 5 heteroatoms. The summed E-state index contributed by atoms with van der Waals surface area (Å²) < 4.78 is 10.6. The number of nitrogens with zero attached hydrogens (tertiary/aromatic N) is 2. The topological polar surface area (TPSA) is 62.6 Å². The van der Waals surface area contributed by atoms with Gasteiger partial charge in [-0.3, -0.25) is 4.90 Å². The van der Waals surface area contributed by atoms with Gasteiger partial charge in [0.1, 0.15) is 11.6 Å². The lowest BCUT2D eigenvalue weighted by Gasteiger charge is -2.36. The van der Waals surface area contributed by atoms with E-state index in [-0.39, 0.29) is 6.10 Å². The van der Waals surface area contributed by atoms with Crippen molar-refractivity contribution in [2.75, 3.05) is 13.2 Å². The lowest BCUT2D eigenvalue weighted by atomic mass is 10.1. The Hall–Kier alpha value is -1.28. The smallest absolute Gasteiger partial charge is 0.411 e. The van der Waals surface area contributed by atoms with Crippen LogP contribution in [0.4, 0.5) is 4.79 Å². The molecule has 0 aromatic carbocycles. The third-order valence-electron chi connectivity index (χ3n) is 2.25. The van der Waals surface area contributed by atoms with Gasteiger partial charge in [0.05, 0.1) is 18.8 Å². The molecule has 0 aromatic heterocycles. The zero-order valence-electron chi connectivity index (χ0n) is 10.2. The number of nitriles is 1. The number of hydrogen-bond acceptors (Lipinski definition) is 4.